The van der Waals surface area contributed by atoms with Crippen LogP contribution in [0.3, 0.4) is 0 Å². The van der Waals surface area contributed by atoms with Crippen molar-refractivity contribution in [1.82, 2.24) is 10.2 Å². The van der Waals surface area contributed by atoms with E-state index in [9.17, 15) is 0 Å². The van der Waals surface area contributed by atoms with Gasteiger partial charge in [-0.2, -0.15) is 0 Å². The number of benzene rings is 2. The summed E-state index contributed by atoms with van der Waals surface area (Å²) in [6.45, 7) is 13.0. The lowest BCUT2D eigenvalue weighted by atomic mass is 10.1. The van der Waals surface area contributed by atoms with Crippen LogP contribution < -0.4 is 10.1 Å². The molecule has 0 aromatic heterocycles. The lowest BCUT2D eigenvalue weighted by Crippen LogP contribution is -2.35. The maximum Gasteiger partial charge on any atom is 0.179 e. The molecule has 0 radical (unpaired) electrons. The molecule has 2 aromatic carbocycles. The van der Waals surface area contributed by atoms with Crippen molar-refractivity contribution in [1.29, 1.82) is 0 Å². The van der Waals surface area contributed by atoms with Crippen LogP contribution in [0.25, 0.3) is 0 Å². The van der Waals surface area contributed by atoms with Gasteiger partial charge in [-0.15, -0.1) is 0 Å². The molecule has 0 saturated carbocycles. The van der Waals surface area contributed by atoms with Gasteiger partial charge in [0, 0.05) is 25.7 Å². The highest BCUT2D eigenvalue weighted by Gasteiger charge is 2.30. The molecule has 1 unspecified atom stereocenters. The predicted octanol–water partition coefficient (Wildman–Crippen LogP) is 4.77. The van der Waals surface area contributed by atoms with E-state index in [1.165, 1.54) is 11.1 Å². The number of hydrogen-bond donors (Lipinski definition) is 1. The number of nitrogens with one attached hydrogen (secondary N) is 1. The van der Waals surface area contributed by atoms with E-state index in [-0.39, 0.29) is 6.04 Å². The maximum atomic E-state index is 6.48. The smallest absolute Gasteiger partial charge is 0.179 e. The largest absolute Gasteiger partial charge is 0.489 e. The third-order valence-electron chi connectivity index (χ3n) is 6.14. The molecule has 0 bridgehead atoms. The first kappa shape index (κ1) is 23.0. The summed E-state index contributed by atoms with van der Waals surface area (Å²) in [5, 5.41) is 3.82. The Bertz CT molecular complexity index is 778. The monoisotopic (exact) mass is 426 g/mol. The number of likely N-dealkylation sites (N-methyl/N-ethyl adjacent to an activating group) is 1. The fourth-order valence-corrected chi connectivity index (χ4v) is 4.96. The van der Waals surface area contributed by atoms with Gasteiger partial charge in [-0.3, -0.25) is 4.90 Å². The Hall–Kier alpha value is -1.66. The van der Waals surface area contributed by atoms with Crippen molar-refractivity contribution in [2.45, 2.75) is 57.5 Å². The van der Waals surface area contributed by atoms with Crippen molar-refractivity contribution in [2.24, 2.45) is 0 Å². The molecule has 1 heterocycles. The van der Waals surface area contributed by atoms with E-state index in [0.29, 0.717) is 17.7 Å². The zero-order valence-corrected chi connectivity index (χ0v) is 20.4. The summed E-state index contributed by atoms with van der Waals surface area (Å²) in [4.78, 5) is 2.53. The molecule has 1 aliphatic rings. The Morgan fingerprint density at radius 1 is 1.13 bits per heavy atom. The Morgan fingerprint density at radius 2 is 1.90 bits per heavy atom. The van der Waals surface area contributed by atoms with Crippen molar-refractivity contribution in [3.63, 3.8) is 0 Å². The molecule has 3 rings (SSSR count). The number of ether oxygens (including phenoxy) is 1. The van der Waals surface area contributed by atoms with Gasteiger partial charge in [0.25, 0.3) is 0 Å². The Labute approximate surface area is 184 Å². The van der Waals surface area contributed by atoms with Crippen LogP contribution in [-0.2, 0) is 11.0 Å². The molecule has 164 valence electrons. The molecule has 3 atom stereocenters. The molecule has 30 heavy (non-hydrogen) atoms. The fraction of sp³-hybridized carbons (Fsp3) is 0.520. The van der Waals surface area contributed by atoms with Crippen molar-refractivity contribution in [2.75, 3.05) is 26.7 Å². The van der Waals surface area contributed by atoms with E-state index < -0.39 is 9.04 Å². The first-order valence-corrected chi connectivity index (χ1v) is 13.4. The van der Waals surface area contributed by atoms with Gasteiger partial charge in [0.15, 0.2) is 9.04 Å². The molecule has 0 aliphatic carbocycles. The second-order valence-electron chi connectivity index (χ2n) is 9.50. The van der Waals surface area contributed by atoms with Gasteiger partial charge in [0.2, 0.25) is 0 Å². The van der Waals surface area contributed by atoms with Gasteiger partial charge >= 0.3 is 0 Å². The SMILES string of the molecule is CN[C@H](CN1CC[C@H](O[SiH](C)C(C)(C)C)C1)c1cccc(OCc2ccccc2)c1. The summed E-state index contributed by atoms with van der Waals surface area (Å²) in [6.07, 6.45) is 1.54. The highest BCUT2D eigenvalue weighted by molar-refractivity contribution is 6.53. The number of rotatable bonds is 9. The van der Waals surface area contributed by atoms with Gasteiger partial charge in [0.1, 0.15) is 12.4 Å². The second kappa shape index (κ2) is 10.6. The lowest BCUT2D eigenvalue weighted by Gasteiger charge is -2.29. The maximum absolute atomic E-state index is 6.48. The van der Waals surface area contributed by atoms with Crippen LogP contribution in [0.4, 0.5) is 0 Å². The Balaban J connectivity index is 1.54. The summed E-state index contributed by atoms with van der Waals surface area (Å²) in [7, 11) is 0.869. The van der Waals surface area contributed by atoms with E-state index in [1.807, 2.05) is 31.3 Å². The summed E-state index contributed by atoms with van der Waals surface area (Å²) in [6, 6.07) is 19.1. The van der Waals surface area contributed by atoms with Crippen molar-refractivity contribution < 1.29 is 9.16 Å². The average Bonchev–Trinajstić information content (AvgIpc) is 3.17. The van der Waals surface area contributed by atoms with E-state index in [4.69, 9.17) is 9.16 Å². The lowest BCUT2D eigenvalue weighted by molar-refractivity contribution is 0.188. The first-order chi connectivity index (χ1) is 14.3. The van der Waals surface area contributed by atoms with Crippen LogP contribution in [0.15, 0.2) is 54.6 Å². The molecule has 5 heteroatoms. The van der Waals surface area contributed by atoms with E-state index in [2.05, 4.69) is 67.9 Å². The molecule has 4 nitrogen and oxygen atoms in total. The van der Waals surface area contributed by atoms with Crippen LogP contribution in [0.1, 0.15) is 44.4 Å². The minimum Gasteiger partial charge on any atom is -0.489 e. The van der Waals surface area contributed by atoms with E-state index in [1.54, 1.807) is 0 Å². The quantitative estimate of drug-likeness (QED) is 0.586. The molecular formula is C25H38N2O2Si. The van der Waals surface area contributed by atoms with Gasteiger partial charge in [-0.1, -0.05) is 63.2 Å². The van der Waals surface area contributed by atoms with Crippen LogP contribution >= 0.6 is 0 Å². The first-order valence-electron chi connectivity index (χ1n) is 11.2. The highest BCUT2D eigenvalue weighted by Crippen LogP contribution is 2.30. The molecule has 1 saturated heterocycles. The van der Waals surface area contributed by atoms with Crippen molar-refractivity contribution in [3.05, 3.63) is 65.7 Å². The Morgan fingerprint density at radius 3 is 2.60 bits per heavy atom. The topological polar surface area (TPSA) is 33.7 Å². The number of hydrogen-bond acceptors (Lipinski definition) is 4. The summed E-state index contributed by atoms with van der Waals surface area (Å²) in [5.74, 6) is 0.921. The molecule has 1 N–H and O–H groups in total. The molecule has 0 amide bonds. The van der Waals surface area contributed by atoms with E-state index in [0.717, 1.165) is 31.8 Å². The average molecular weight is 427 g/mol. The minimum atomic E-state index is -1.17. The van der Waals surface area contributed by atoms with E-state index >= 15 is 0 Å². The fourth-order valence-electron chi connectivity index (χ4n) is 3.75. The Kier molecular flexibility index (Phi) is 8.11. The van der Waals surface area contributed by atoms with Crippen molar-refractivity contribution in [3.8, 4) is 5.75 Å². The molecular weight excluding hydrogens is 388 g/mol. The van der Waals surface area contributed by atoms with Crippen molar-refractivity contribution >= 4 is 9.04 Å². The van der Waals surface area contributed by atoms with Gasteiger partial charge in [0.05, 0.1) is 6.10 Å². The number of likely N-dealkylation sites (tertiary alicyclic amines) is 1. The van der Waals surface area contributed by atoms with Crippen LogP contribution in [0, 0.1) is 0 Å². The summed E-state index contributed by atoms with van der Waals surface area (Å²) >= 11 is 0. The molecule has 1 fully saturated rings. The highest BCUT2D eigenvalue weighted by atomic mass is 28.3. The molecule has 2 aromatic rings. The third-order valence-corrected chi connectivity index (χ3v) is 9.38. The zero-order valence-electron chi connectivity index (χ0n) is 19.2. The van der Waals surface area contributed by atoms with Crippen LogP contribution in [-0.4, -0.2) is 46.7 Å². The van der Waals surface area contributed by atoms with Gasteiger partial charge in [-0.25, -0.2) is 0 Å². The minimum absolute atomic E-state index is 0.279. The third kappa shape index (κ3) is 6.67. The summed E-state index contributed by atoms with van der Waals surface area (Å²) < 4.78 is 12.5. The van der Waals surface area contributed by atoms with Crippen LogP contribution in [0.2, 0.25) is 11.6 Å². The van der Waals surface area contributed by atoms with Gasteiger partial charge < -0.3 is 14.5 Å². The zero-order chi connectivity index (χ0) is 21.6. The van der Waals surface area contributed by atoms with Gasteiger partial charge in [-0.05, 0) is 48.3 Å². The standard InChI is InChI=1S/C25H38N2O2Si/c1-25(2,3)30(5)29-23-14-15-27(17-23)18-24(26-4)21-12-9-13-22(16-21)28-19-20-10-7-6-8-11-20/h6-13,16,23-24,26,30H,14-15,17-19H2,1-5H3/t23-,24+,30?/m0/s1. The molecule has 1 aliphatic heterocycles. The summed E-state index contributed by atoms with van der Waals surface area (Å²) in [5.41, 5.74) is 2.45. The van der Waals surface area contributed by atoms with Crippen LogP contribution in [0.5, 0.6) is 5.75 Å². The molecule has 0 spiro atoms. The number of nitrogens with zero attached hydrogens (tertiary/aromatic N) is 1. The normalized spacial score (nSPS) is 19.6. The predicted molar refractivity (Wildman–Crippen MR) is 128 cm³/mol. The second-order valence-corrected chi connectivity index (χ2v) is 12.8.